The third-order valence-corrected chi connectivity index (χ3v) is 3.91. The summed E-state index contributed by atoms with van der Waals surface area (Å²) in [6.07, 6.45) is 4.02. The molecule has 0 unspecified atom stereocenters. The van der Waals surface area contributed by atoms with Crippen molar-refractivity contribution in [2.24, 2.45) is 0 Å². The molecule has 0 spiro atoms. The Morgan fingerprint density at radius 1 is 1.33 bits per heavy atom. The molecule has 3 rings (SSSR count). The molecule has 0 atom stereocenters. The number of anilines is 1. The van der Waals surface area contributed by atoms with E-state index in [-0.39, 0.29) is 18.2 Å². The fraction of sp³-hybridized carbons (Fsp3) is 0.278. The zero-order chi connectivity index (χ0) is 16.9. The summed E-state index contributed by atoms with van der Waals surface area (Å²) in [6, 6.07) is 9.25. The lowest BCUT2D eigenvalue weighted by Gasteiger charge is -2.17. The molecule has 6 nitrogen and oxygen atoms in total. The lowest BCUT2D eigenvalue weighted by atomic mass is 10.1. The molecule has 2 amide bonds. The minimum atomic E-state index is -0.0812. The number of amides is 2. The highest BCUT2D eigenvalue weighted by atomic mass is 16.5. The van der Waals surface area contributed by atoms with Gasteiger partial charge in [0.05, 0.1) is 25.1 Å². The van der Waals surface area contributed by atoms with E-state index in [4.69, 9.17) is 4.74 Å². The number of nitrogens with zero attached hydrogens (tertiary/aromatic N) is 2. The Bertz CT molecular complexity index is 746. The summed E-state index contributed by atoms with van der Waals surface area (Å²) >= 11 is 0. The summed E-state index contributed by atoms with van der Waals surface area (Å²) in [4.78, 5) is 29.7. The van der Waals surface area contributed by atoms with Crippen LogP contribution >= 0.6 is 0 Å². The molecule has 0 bridgehead atoms. The maximum Gasteiger partial charge on any atom is 0.230 e. The molecule has 0 saturated carbocycles. The lowest BCUT2D eigenvalue weighted by molar-refractivity contribution is -0.120. The first kappa shape index (κ1) is 16.0. The fourth-order valence-electron chi connectivity index (χ4n) is 2.56. The van der Waals surface area contributed by atoms with Gasteiger partial charge in [-0.1, -0.05) is 12.1 Å². The Hall–Kier alpha value is -2.89. The average Bonchev–Trinajstić information content (AvgIpc) is 2.74. The van der Waals surface area contributed by atoms with E-state index < -0.39 is 0 Å². The van der Waals surface area contributed by atoms with Crippen LogP contribution in [0.1, 0.15) is 17.5 Å². The zero-order valence-electron chi connectivity index (χ0n) is 13.5. The SMILES string of the molecule is CN1C(=O)CCOc2ccc(CC(=O)NCc3cccnc3)cc21. The first-order valence-corrected chi connectivity index (χ1v) is 7.81. The maximum absolute atomic E-state index is 12.1. The molecule has 124 valence electrons. The summed E-state index contributed by atoms with van der Waals surface area (Å²) in [6.45, 7) is 0.820. The minimum Gasteiger partial charge on any atom is -0.491 e. The van der Waals surface area contributed by atoms with Crippen molar-refractivity contribution in [3.8, 4) is 5.75 Å². The van der Waals surface area contributed by atoms with Gasteiger partial charge in [0.1, 0.15) is 5.75 Å². The lowest BCUT2D eigenvalue weighted by Crippen LogP contribution is -2.26. The normalized spacial score (nSPS) is 13.7. The largest absolute Gasteiger partial charge is 0.491 e. The number of hydrogen-bond donors (Lipinski definition) is 1. The van der Waals surface area contributed by atoms with Crippen molar-refractivity contribution < 1.29 is 14.3 Å². The summed E-state index contributed by atoms with van der Waals surface area (Å²) in [5.74, 6) is 0.595. The van der Waals surface area contributed by atoms with E-state index in [1.807, 2.05) is 30.3 Å². The van der Waals surface area contributed by atoms with Gasteiger partial charge in [0.15, 0.2) is 0 Å². The van der Waals surface area contributed by atoms with Crippen LogP contribution in [-0.4, -0.2) is 30.5 Å². The number of carbonyl (C=O) groups is 2. The Morgan fingerprint density at radius 2 is 2.21 bits per heavy atom. The smallest absolute Gasteiger partial charge is 0.230 e. The van der Waals surface area contributed by atoms with Crippen molar-refractivity contribution in [1.29, 1.82) is 0 Å². The van der Waals surface area contributed by atoms with Gasteiger partial charge in [0.2, 0.25) is 11.8 Å². The maximum atomic E-state index is 12.1. The molecule has 1 aliphatic rings. The van der Waals surface area contributed by atoms with Crippen LogP contribution in [0.5, 0.6) is 5.75 Å². The molecule has 0 aliphatic carbocycles. The van der Waals surface area contributed by atoms with Crippen molar-refractivity contribution in [2.75, 3.05) is 18.6 Å². The predicted molar refractivity (Wildman–Crippen MR) is 89.8 cm³/mol. The van der Waals surface area contributed by atoms with Crippen LogP contribution in [0.25, 0.3) is 0 Å². The summed E-state index contributed by atoms with van der Waals surface area (Å²) in [5.41, 5.74) is 2.49. The minimum absolute atomic E-state index is 0.00642. The molecule has 6 heteroatoms. The first-order valence-electron chi connectivity index (χ1n) is 7.81. The average molecular weight is 325 g/mol. The van der Waals surface area contributed by atoms with Gasteiger partial charge in [-0.25, -0.2) is 0 Å². The second-order valence-electron chi connectivity index (χ2n) is 5.67. The first-order chi connectivity index (χ1) is 11.6. The Morgan fingerprint density at radius 3 is 3.00 bits per heavy atom. The number of hydrogen-bond acceptors (Lipinski definition) is 4. The third kappa shape index (κ3) is 3.71. The molecule has 0 fully saturated rings. The zero-order valence-corrected chi connectivity index (χ0v) is 13.5. The van der Waals surface area contributed by atoms with Gasteiger partial charge in [-0.15, -0.1) is 0 Å². The quantitative estimate of drug-likeness (QED) is 0.928. The molecule has 0 radical (unpaired) electrons. The second-order valence-corrected chi connectivity index (χ2v) is 5.67. The van der Waals surface area contributed by atoms with Gasteiger partial charge < -0.3 is 15.0 Å². The Labute approximate surface area is 140 Å². The van der Waals surface area contributed by atoms with E-state index in [0.29, 0.717) is 31.0 Å². The summed E-state index contributed by atoms with van der Waals surface area (Å²) in [7, 11) is 1.72. The van der Waals surface area contributed by atoms with Crippen molar-refractivity contribution in [2.45, 2.75) is 19.4 Å². The monoisotopic (exact) mass is 325 g/mol. The van der Waals surface area contributed by atoms with E-state index in [9.17, 15) is 9.59 Å². The second kappa shape index (κ2) is 7.12. The highest BCUT2D eigenvalue weighted by Gasteiger charge is 2.20. The molecule has 1 aliphatic heterocycles. The van der Waals surface area contributed by atoms with Crippen LogP contribution in [0, 0.1) is 0 Å². The van der Waals surface area contributed by atoms with Crippen LogP contribution in [-0.2, 0) is 22.6 Å². The molecule has 2 aromatic rings. The van der Waals surface area contributed by atoms with E-state index in [1.165, 1.54) is 0 Å². The molecule has 24 heavy (non-hydrogen) atoms. The molecule has 1 aromatic carbocycles. The van der Waals surface area contributed by atoms with Gasteiger partial charge in [-0.2, -0.15) is 0 Å². The Balaban J connectivity index is 1.66. The van der Waals surface area contributed by atoms with Crippen LogP contribution in [0.4, 0.5) is 5.69 Å². The highest BCUT2D eigenvalue weighted by Crippen LogP contribution is 2.31. The molecule has 1 N–H and O–H groups in total. The van der Waals surface area contributed by atoms with E-state index in [1.54, 1.807) is 24.3 Å². The van der Waals surface area contributed by atoms with Gasteiger partial charge in [0, 0.05) is 26.0 Å². The van der Waals surface area contributed by atoms with Crippen LogP contribution in [0.15, 0.2) is 42.7 Å². The number of benzene rings is 1. The van der Waals surface area contributed by atoms with Crippen molar-refractivity contribution >= 4 is 17.5 Å². The van der Waals surface area contributed by atoms with Gasteiger partial charge in [0.25, 0.3) is 0 Å². The van der Waals surface area contributed by atoms with Gasteiger partial charge >= 0.3 is 0 Å². The number of fused-ring (bicyclic) bond motifs is 1. The number of nitrogens with one attached hydrogen (secondary N) is 1. The predicted octanol–water partition coefficient (Wildman–Crippen LogP) is 1.69. The molecule has 2 heterocycles. The number of ether oxygens (including phenoxy) is 1. The number of carbonyl (C=O) groups excluding carboxylic acids is 2. The van der Waals surface area contributed by atoms with Crippen molar-refractivity contribution in [1.82, 2.24) is 10.3 Å². The summed E-state index contributed by atoms with van der Waals surface area (Å²) < 4.78 is 5.58. The topological polar surface area (TPSA) is 71.5 Å². The van der Waals surface area contributed by atoms with Crippen LogP contribution in [0.2, 0.25) is 0 Å². The summed E-state index contributed by atoms with van der Waals surface area (Å²) in [5, 5.41) is 2.87. The van der Waals surface area contributed by atoms with E-state index in [2.05, 4.69) is 10.3 Å². The molecular weight excluding hydrogens is 306 g/mol. The molecular formula is C18H19N3O3. The van der Waals surface area contributed by atoms with E-state index >= 15 is 0 Å². The van der Waals surface area contributed by atoms with Crippen molar-refractivity contribution in [3.63, 3.8) is 0 Å². The number of pyridine rings is 1. The van der Waals surface area contributed by atoms with Crippen LogP contribution in [0.3, 0.4) is 0 Å². The standard InChI is InChI=1S/C18H19N3O3/c1-21-15-9-13(4-5-16(15)24-8-6-18(21)23)10-17(22)20-12-14-3-2-7-19-11-14/h2-5,7,9,11H,6,8,10,12H2,1H3,(H,20,22). The van der Waals surface area contributed by atoms with E-state index in [0.717, 1.165) is 11.1 Å². The molecule has 1 aromatic heterocycles. The fourth-order valence-corrected chi connectivity index (χ4v) is 2.56. The van der Waals surface area contributed by atoms with Gasteiger partial charge in [-0.05, 0) is 29.3 Å². The third-order valence-electron chi connectivity index (χ3n) is 3.91. The number of rotatable bonds is 4. The van der Waals surface area contributed by atoms with Gasteiger partial charge in [-0.3, -0.25) is 14.6 Å². The molecule has 0 saturated heterocycles. The van der Waals surface area contributed by atoms with Crippen LogP contribution < -0.4 is 15.0 Å². The Kier molecular flexibility index (Phi) is 4.74. The highest BCUT2D eigenvalue weighted by molar-refractivity contribution is 5.95. The van der Waals surface area contributed by atoms with Crippen molar-refractivity contribution in [3.05, 3.63) is 53.9 Å². The number of aromatic nitrogens is 1.